The highest BCUT2D eigenvalue weighted by molar-refractivity contribution is 5.93. The van der Waals surface area contributed by atoms with Crippen molar-refractivity contribution in [3.05, 3.63) is 90.8 Å². The summed E-state index contributed by atoms with van der Waals surface area (Å²) >= 11 is 0. The van der Waals surface area contributed by atoms with Crippen molar-refractivity contribution in [1.29, 1.82) is 0 Å². The second kappa shape index (κ2) is 9.81. The van der Waals surface area contributed by atoms with Crippen LogP contribution in [0.25, 0.3) is 11.1 Å². The molecule has 2 amide bonds. The Morgan fingerprint density at radius 1 is 1.18 bits per heavy atom. The van der Waals surface area contributed by atoms with Crippen LogP contribution in [0.5, 0.6) is 0 Å². The Labute approximate surface area is 193 Å². The summed E-state index contributed by atoms with van der Waals surface area (Å²) in [5.74, 6) is -0.833. The van der Waals surface area contributed by atoms with Crippen molar-refractivity contribution in [3.63, 3.8) is 0 Å². The summed E-state index contributed by atoms with van der Waals surface area (Å²) in [5.41, 5.74) is 2.65. The molecule has 170 valence electrons. The molecule has 7 heteroatoms. The molecule has 2 heterocycles. The number of imidazole rings is 1. The molecule has 0 radical (unpaired) electrons. The fourth-order valence-electron chi connectivity index (χ4n) is 4.20. The second-order valence-electron chi connectivity index (χ2n) is 8.33. The number of nitrogens with zero attached hydrogens (tertiary/aromatic N) is 4. The van der Waals surface area contributed by atoms with Gasteiger partial charge < -0.3 is 14.4 Å². The van der Waals surface area contributed by atoms with Gasteiger partial charge in [0.05, 0.1) is 12.2 Å². The molecule has 1 aliphatic heterocycles. The standard InChI is InChI=1S/C26H27FN4O2/c1-3-12-30-13-14-31(26(33)24-17-29(2)18-28-24)16-21(25(30)32)15-19-8-10-20(11-9-19)22-6-4-5-7-23(22)27/h3-11,17-18,21H,1,12-16H2,2H3. The monoisotopic (exact) mass is 446 g/mol. The van der Waals surface area contributed by atoms with Crippen molar-refractivity contribution >= 4 is 11.8 Å². The van der Waals surface area contributed by atoms with Crippen LogP contribution in [0.2, 0.25) is 0 Å². The Hall–Kier alpha value is -3.74. The van der Waals surface area contributed by atoms with Gasteiger partial charge in [0.2, 0.25) is 5.91 Å². The van der Waals surface area contributed by atoms with E-state index in [9.17, 15) is 14.0 Å². The lowest BCUT2D eigenvalue weighted by Gasteiger charge is -2.23. The number of aryl methyl sites for hydroxylation is 1. The number of carbonyl (C=O) groups is 2. The number of hydrogen-bond donors (Lipinski definition) is 0. The van der Waals surface area contributed by atoms with Crippen molar-refractivity contribution in [2.24, 2.45) is 13.0 Å². The van der Waals surface area contributed by atoms with Gasteiger partial charge >= 0.3 is 0 Å². The number of carbonyl (C=O) groups excluding carboxylic acids is 2. The minimum Gasteiger partial charge on any atom is -0.340 e. The molecule has 0 spiro atoms. The van der Waals surface area contributed by atoms with E-state index in [4.69, 9.17) is 0 Å². The van der Waals surface area contributed by atoms with E-state index in [0.717, 1.165) is 11.1 Å². The first kappa shape index (κ1) is 22.5. The fraction of sp³-hybridized carbons (Fsp3) is 0.269. The molecule has 0 aliphatic carbocycles. The van der Waals surface area contributed by atoms with Crippen LogP contribution in [-0.2, 0) is 18.3 Å². The number of aromatic nitrogens is 2. The first-order valence-electron chi connectivity index (χ1n) is 11.0. The maximum absolute atomic E-state index is 14.1. The molecule has 1 aliphatic rings. The smallest absolute Gasteiger partial charge is 0.274 e. The predicted octanol–water partition coefficient (Wildman–Crippen LogP) is 3.56. The first-order valence-corrected chi connectivity index (χ1v) is 11.0. The van der Waals surface area contributed by atoms with Gasteiger partial charge in [-0.15, -0.1) is 6.58 Å². The normalized spacial score (nSPS) is 16.5. The van der Waals surface area contributed by atoms with E-state index in [1.807, 2.05) is 31.3 Å². The van der Waals surface area contributed by atoms with E-state index in [-0.39, 0.29) is 23.5 Å². The van der Waals surface area contributed by atoms with E-state index in [0.29, 0.717) is 43.9 Å². The van der Waals surface area contributed by atoms with Crippen LogP contribution >= 0.6 is 0 Å². The summed E-state index contributed by atoms with van der Waals surface area (Å²) in [4.78, 5) is 33.9. The molecular formula is C26H27FN4O2. The third-order valence-corrected chi connectivity index (χ3v) is 5.92. The average Bonchev–Trinajstić information content (AvgIpc) is 3.20. The van der Waals surface area contributed by atoms with Gasteiger partial charge in [-0.3, -0.25) is 9.59 Å². The first-order chi connectivity index (χ1) is 16.0. The third-order valence-electron chi connectivity index (χ3n) is 5.92. The van der Waals surface area contributed by atoms with Crippen LogP contribution < -0.4 is 0 Å². The molecule has 33 heavy (non-hydrogen) atoms. The molecule has 3 aromatic rings. The summed E-state index contributed by atoms with van der Waals surface area (Å²) in [6, 6.07) is 14.2. The third kappa shape index (κ3) is 5.03. The van der Waals surface area contributed by atoms with Gasteiger partial charge in [0.1, 0.15) is 11.5 Å². The molecule has 1 aromatic heterocycles. The van der Waals surface area contributed by atoms with Gasteiger partial charge in [0.15, 0.2) is 0 Å². The summed E-state index contributed by atoms with van der Waals surface area (Å²) < 4.78 is 15.8. The Morgan fingerprint density at radius 2 is 1.94 bits per heavy atom. The summed E-state index contributed by atoms with van der Waals surface area (Å²) in [5, 5.41) is 0. The van der Waals surface area contributed by atoms with Crippen LogP contribution in [0.1, 0.15) is 16.1 Å². The van der Waals surface area contributed by atoms with Crippen molar-refractivity contribution in [2.45, 2.75) is 6.42 Å². The molecule has 4 rings (SSSR count). The number of rotatable bonds is 6. The van der Waals surface area contributed by atoms with E-state index < -0.39 is 0 Å². The van der Waals surface area contributed by atoms with E-state index >= 15 is 0 Å². The lowest BCUT2D eigenvalue weighted by Crippen LogP contribution is -2.38. The van der Waals surface area contributed by atoms with Crippen LogP contribution in [0.3, 0.4) is 0 Å². The van der Waals surface area contributed by atoms with Crippen LogP contribution in [0.15, 0.2) is 73.7 Å². The molecule has 6 nitrogen and oxygen atoms in total. The van der Waals surface area contributed by atoms with Crippen molar-refractivity contribution in [3.8, 4) is 11.1 Å². The van der Waals surface area contributed by atoms with Gasteiger partial charge in [-0.2, -0.15) is 0 Å². The SMILES string of the molecule is C=CCN1CCN(C(=O)c2cn(C)cn2)CC(Cc2ccc(-c3ccccc3F)cc2)C1=O. The lowest BCUT2D eigenvalue weighted by molar-refractivity contribution is -0.134. The van der Waals surface area contributed by atoms with Crippen molar-refractivity contribution < 1.29 is 14.0 Å². The van der Waals surface area contributed by atoms with Gasteiger partial charge in [0.25, 0.3) is 5.91 Å². The summed E-state index contributed by atoms with van der Waals surface area (Å²) in [6.07, 6.45) is 5.46. The number of benzene rings is 2. The Bertz CT molecular complexity index is 1160. The Balaban J connectivity index is 1.55. The average molecular weight is 447 g/mol. The topological polar surface area (TPSA) is 58.4 Å². The molecule has 0 bridgehead atoms. The van der Waals surface area contributed by atoms with Crippen LogP contribution in [0.4, 0.5) is 4.39 Å². The van der Waals surface area contributed by atoms with Gasteiger partial charge in [-0.1, -0.05) is 48.5 Å². The lowest BCUT2D eigenvalue weighted by atomic mass is 9.95. The highest BCUT2D eigenvalue weighted by atomic mass is 19.1. The van der Waals surface area contributed by atoms with Gasteiger partial charge in [0, 0.05) is 45.0 Å². The molecule has 1 fully saturated rings. The molecular weight excluding hydrogens is 419 g/mol. The van der Waals surface area contributed by atoms with Crippen LogP contribution in [0, 0.1) is 11.7 Å². The van der Waals surface area contributed by atoms with E-state index in [1.54, 1.807) is 51.2 Å². The van der Waals surface area contributed by atoms with Gasteiger partial charge in [-0.25, -0.2) is 9.37 Å². The minimum atomic E-state index is -0.389. The zero-order chi connectivity index (χ0) is 23.4. The maximum atomic E-state index is 14.1. The largest absolute Gasteiger partial charge is 0.340 e. The second-order valence-corrected chi connectivity index (χ2v) is 8.33. The molecule has 1 atom stereocenters. The minimum absolute atomic E-state index is 0.00408. The van der Waals surface area contributed by atoms with Crippen molar-refractivity contribution in [2.75, 3.05) is 26.2 Å². The number of halogens is 1. The Kier molecular flexibility index (Phi) is 6.68. The zero-order valence-corrected chi connectivity index (χ0v) is 18.7. The van der Waals surface area contributed by atoms with Crippen molar-refractivity contribution in [1.82, 2.24) is 19.4 Å². The van der Waals surface area contributed by atoms with E-state index in [2.05, 4.69) is 11.6 Å². The van der Waals surface area contributed by atoms with Crippen LogP contribution in [-0.4, -0.2) is 57.3 Å². The number of hydrogen-bond acceptors (Lipinski definition) is 3. The molecule has 0 saturated carbocycles. The predicted molar refractivity (Wildman–Crippen MR) is 125 cm³/mol. The molecule has 1 unspecified atom stereocenters. The molecule has 1 saturated heterocycles. The summed E-state index contributed by atoms with van der Waals surface area (Å²) in [7, 11) is 1.81. The molecule has 2 aromatic carbocycles. The number of amides is 2. The highest BCUT2D eigenvalue weighted by Crippen LogP contribution is 2.24. The highest BCUT2D eigenvalue weighted by Gasteiger charge is 2.32. The maximum Gasteiger partial charge on any atom is 0.274 e. The molecule has 0 N–H and O–H groups in total. The Morgan fingerprint density at radius 3 is 2.61 bits per heavy atom. The fourth-order valence-corrected chi connectivity index (χ4v) is 4.20. The zero-order valence-electron chi connectivity index (χ0n) is 18.7. The van der Waals surface area contributed by atoms with Gasteiger partial charge in [-0.05, 0) is 23.6 Å². The summed E-state index contributed by atoms with van der Waals surface area (Å²) in [6.45, 7) is 5.41. The van der Waals surface area contributed by atoms with E-state index in [1.165, 1.54) is 6.07 Å². The quantitative estimate of drug-likeness (QED) is 0.544.